The van der Waals surface area contributed by atoms with Gasteiger partial charge in [-0.3, -0.25) is 14.7 Å². The van der Waals surface area contributed by atoms with Crippen LogP contribution in [0.4, 0.5) is 13.2 Å². The molecular weight excluding hydrogens is 447 g/mol. The van der Waals surface area contributed by atoms with E-state index in [-0.39, 0.29) is 18.1 Å². The number of carbonyl (C=O) groups is 1. The largest absolute Gasteiger partial charge is 0.472 e. The lowest BCUT2D eigenvalue weighted by Gasteiger charge is -2.38. The molecule has 5 rings (SSSR count). The first-order valence-electron chi connectivity index (χ1n) is 11.7. The van der Waals surface area contributed by atoms with Gasteiger partial charge in [-0.25, -0.2) is 4.98 Å². The molecule has 3 fully saturated rings. The van der Waals surface area contributed by atoms with Gasteiger partial charge in [0.1, 0.15) is 12.1 Å². The molecule has 10 heteroatoms. The second kappa shape index (κ2) is 9.14. The molecule has 1 saturated carbocycles. The molecule has 3 atom stereocenters. The van der Waals surface area contributed by atoms with Crippen molar-refractivity contribution in [2.45, 2.75) is 49.5 Å². The fourth-order valence-electron chi connectivity index (χ4n) is 4.91. The van der Waals surface area contributed by atoms with Crippen molar-refractivity contribution < 1.29 is 22.7 Å². The number of benzene rings is 1. The summed E-state index contributed by atoms with van der Waals surface area (Å²) in [4.78, 5) is 26.2. The van der Waals surface area contributed by atoms with E-state index >= 15 is 0 Å². The molecule has 2 aromatic rings. The van der Waals surface area contributed by atoms with Crippen LogP contribution in [0, 0.1) is 0 Å². The van der Waals surface area contributed by atoms with Gasteiger partial charge in [0.05, 0.1) is 23.7 Å². The standard InChI is InChI=1S/C24H28F3N5O2/c1-28-22(16-4-6-17(7-5-16)24(25,26)27)23(33)32-9-8-31-14-19(10-18(31)13-32)34-21-12-29-20(11-30-21)15-2-3-15/h4-7,11-12,15,18-19,22,28H,2-3,8-10,13-14H2,1H3/t18-,19+,22?/m0/s1. The van der Waals surface area contributed by atoms with Crippen LogP contribution in [-0.4, -0.2) is 71.0 Å². The minimum Gasteiger partial charge on any atom is -0.472 e. The molecule has 1 aliphatic carbocycles. The van der Waals surface area contributed by atoms with E-state index in [2.05, 4.69) is 20.2 Å². The first kappa shape index (κ1) is 23.0. The molecule has 1 amide bonds. The minimum atomic E-state index is -4.40. The molecule has 2 saturated heterocycles. The average molecular weight is 476 g/mol. The number of likely N-dealkylation sites (N-methyl/N-ethyl adjacent to an activating group) is 1. The number of aromatic nitrogens is 2. The van der Waals surface area contributed by atoms with E-state index < -0.39 is 17.8 Å². The quantitative estimate of drug-likeness (QED) is 0.693. The first-order chi connectivity index (χ1) is 16.3. The van der Waals surface area contributed by atoms with Gasteiger partial charge in [-0.2, -0.15) is 13.2 Å². The Labute approximate surface area is 196 Å². The lowest BCUT2D eigenvalue weighted by atomic mass is 10.0. The van der Waals surface area contributed by atoms with Crippen molar-refractivity contribution in [1.82, 2.24) is 25.1 Å². The molecule has 7 nitrogen and oxygen atoms in total. The van der Waals surface area contributed by atoms with Crippen molar-refractivity contribution in [2.24, 2.45) is 0 Å². The van der Waals surface area contributed by atoms with Crippen LogP contribution in [0.1, 0.15) is 48.0 Å². The number of carbonyl (C=O) groups excluding carboxylic acids is 1. The van der Waals surface area contributed by atoms with Gasteiger partial charge in [0.25, 0.3) is 0 Å². The topological polar surface area (TPSA) is 70.6 Å². The molecule has 3 aliphatic rings. The van der Waals surface area contributed by atoms with Gasteiger partial charge in [0.2, 0.25) is 11.8 Å². The third-order valence-corrected chi connectivity index (χ3v) is 6.93. The van der Waals surface area contributed by atoms with Crippen LogP contribution in [-0.2, 0) is 11.0 Å². The Morgan fingerprint density at radius 3 is 2.50 bits per heavy atom. The zero-order chi connectivity index (χ0) is 23.9. The SMILES string of the molecule is CNC(C(=O)N1CCN2C[C@H](Oc3cnc(C4CC4)cn3)C[C@H]2C1)c1ccc(C(F)(F)F)cc1. The van der Waals surface area contributed by atoms with Crippen LogP contribution in [0.2, 0.25) is 0 Å². The van der Waals surface area contributed by atoms with Gasteiger partial charge < -0.3 is 15.0 Å². The highest BCUT2D eigenvalue weighted by atomic mass is 19.4. The molecule has 0 radical (unpaired) electrons. The number of halogens is 3. The van der Waals surface area contributed by atoms with Crippen LogP contribution in [0.5, 0.6) is 5.88 Å². The molecule has 1 aromatic carbocycles. The number of hydrogen-bond donors (Lipinski definition) is 1. The summed E-state index contributed by atoms with van der Waals surface area (Å²) < 4.78 is 44.7. The van der Waals surface area contributed by atoms with Crippen molar-refractivity contribution in [2.75, 3.05) is 33.2 Å². The smallest absolute Gasteiger partial charge is 0.416 e. The molecule has 182 valence electrons. The highest BCUT2D eigenvalue weighted by molar-refractivity contribution is 5.83. The maximum absolute atomic E-state index is 13.2. The zero-order valence-electron chi connectivity index (χ0n) is 19.0. The summed E-state index contributed by atoms with van der Waals surface area (Å²) in [6.45, 7) is 2.62. The number of fused-ring (bicyclic) bond motifs is 1. The maximum Gasteiger partial charge on any atom is 0.416 e. The fourth-order valence-corrected chi connectivity index (χ4v) is 4.91. The molecule has 0 spiro atoms. The van der Waals surface area contributed by atoms with Crippen molar-refractivity contribution in [3.8, 4) is 5.88 Å². The minimum absolute atomic E-state index is 0.0175. The van der Waals surface area contributed by atoms with Crippen LogP contribution in [0.3, 0.4) is 0 Å². The number of nitrogens with one attached hydrogen (secondary N) is 1. The van der Waals surface area contributed by atoms with Crippen LogP contribution in [0.25, 0.3) is 0 Å². The van der Waals surface area contributed by atoms with E-state index in [0.717, 1.165) is 37.3 Å². The van der Waals surface area contributed by atoms with Gasteiger partial charge in [0.15, 0.2) is 0 Å². The molecule has 3 heterocycles. The van der Waals surface area contributed by atoms with Crippen molar-refractivity contribution in [3.63, 3.8) is 0 Å². The summed E-state index contributed by atoms with van der Waals surface area (Å²) in [5.74, 6) is 0.946. The number of nitrogens with zero attached hydrogens (tertiary/aromatic N) is 4. The predicted molar refractivity (Wildman–Crippen MR) is 118 cm³/mol. The summed E-state index contributed by atoms with van der Waals surface area (Å²) in [7, 11) is 1.64. The van der Waals surface area contributed by atoms with Crippen molar-refractivity contribution >= 4 is 5.91 Å². The highest BCUT2D eigenvalue weighted by Gasteiger charge is 2.40. The van der Waals surface area contributed by atoms with Crippen LogP contribution in [0.15, 0.2) is 36.7 Å². The number of piperazine rings is 1. The van der Waals surface area contributed by atoms with E-state index in [0.29, 0.717) is 30.5 Å². The predicted octanol–water partition coefficient (Wildman–Crippen LogP) is 3.00. The summed E-state index contributed by atoms with van der Waals surface area (Å²) in [5, 5.41) is 2.97. The van der Waals surface area contributed by atoms with E-state index in [1.54, 1.807) is 24.3 Å². The number of rotatable bonds is 6. The molecular formula is C24H28F3N5O2. The van der Waals surface area contributed by atoms with Crippen molar-refractivity contribution in [1.29, 1.82) is 0 Å². The number of hydrogen-bond acceptors (Lipinski definition) is 6. The number of alkyl halides is 3. The third-order valence-electron chi connectivity index (χ3n) is 6.93. The summed E-state index contributed by atoms with van der Waals surface area (Å²) in [6, 6.07) is 4.25. The lowest BCUT2D eigenvalue weighted by Crippen LogP contribution is -2.54. The summed E-state index contributed by atoms with van der Waals surface area (Å²) in [6.07, 6.45) is 2.21. The Kier molecular flexibility index (Phi) is 6.20. The van der Waals surface area contributed by atoms with Crippen LogP contribution >= 0.6 is 0 Å². The Morgan fingerprint density at radius 1 is 1.12 bits per heavy atom. The van der Waals surface area contributed by atoms with Gasteiger partial charge in [-0.1, -0.05) is 12.1 Å². The summed E-state index contributed by atoms with van der Waals surface area (Å²) in [5.41, 5.74) is 0.817. The Hall–Kier alpha value is -2.72. The number of amides is 1. The van der Waals surface area contributed by atoms with E-state index in [1.165, 1.54) is 25.0 Å². The van der Waals surface area contributed by atoms with Crippen molar-refractivity contribution in [3.05, 3.63) is 53.5 Å². The van der Waals surface area contributed by atoms with Gasteiger partial charge >= 0.3 is 6.18 Å². The van der Waals surface area contributed by atoms with Gasteiger partial charge in [-0.05, 0) is 37.6 Å². The normalized spacial score (nSPS) is 24.1. The van der Waals surface area contributed by atoms with E-state index in [1.807, 2.05) is 0 Å². The zero-order valence-corrected chi connectivity index (χ0v) is 19.0. The van der Waals surface area contributed by atoms with E-state index in [4.69, 9.17) is 4.74 Å². The second-order valence-corrected chi connectivity index (χ2v) is 9.30. The van der Waals surface area contributed by atoms with Gasteiger partial charge in [0, 0.05) is 44.6 Å². The Morgan fingerprint density at radius 2 is 1.88 bits per heavy atom. The summed E-state index contributed by atoms with van der Waals surface area (Å²) >= 11 is 0. The first-order valence-corrected chi connectivity index (χ1v) is 11.7. The van der Waals surface area contributed by atoms with Crippen LogP contribution < -0.4 is 10.1 Å². The molecule has 34 heavy (non-hydrogen) atoms. The lowest BCUT2D eigenvalue weighted by molar-refractivity contribution is -0.137. The monoisotopic (exact) mass is 475 g/mol. The average Bonchev–Trinajstić information content (AvgIpc) is 3.59. The molecule has 0 bridgehead atoms. The molecule has 1 unspecified atom stereocenters. The maximum atomic E-state index is 13.2. The fraction of sp³-hybridized carbons (Fsp3) is 0.542. The highest BCUT2D eigenvalue weighted by Crippen LogP contribution is 2.38. The van der Waals surface area contributed by atoms with Gasteiger partial charge in [-0.15, -0.1) is 0 Å². The Bertz CT molecular complexity index is 1010. The van der Waals surface area contributed by atoms with E-state index in [9.17, 15) is 18.0 Å². The Balaban J connectivity index is 1.19. The second-order valence-electron chi connectivity index (χ2n) is 9.30. The molecule has 2 aliphatic heterocycles. The molecule has 1 aromatic heterocycles. The number of ether oxygens (including phenoxy) is 1. The molecule has 1 N–H and O–H groups in total. The third kappa shape index (κ3) is 4.88.